The van der Waals surface area contributed by atoms with E-state index in [2.05, 4.69) is 5.18 Å². The van der Waals surface area contributed by atoms with Crippen molar-refractivity contribution >= 4 is 33.3 Å². The van der Waals surface area contributed by atoms with E-state index in [-0.39, 0.29) is 29.6 Å². The molecule has 1 atom stereocenters. The van der Waals surface area contributed by atoms with Gasteiger partial charge in [-0.3, -0.25) is 9.59 Å². The number of anilines is 1. The third-order valence-electron chi connectivity index (χ3n) is 3.98. The summed E-state index contributed by atoms with van der Waals surface area (Å²) in [5.74, 6) is -0.381. The maximum absolute atomic E-state index is 11.5. The number of hydrogen-bond donors (Lipinski definition) is 1. The van der Waals surface area contributed by atoms with Gasteiger partial charge >= 0.3 is 10.2 Å². The summed E-state index contributed by atoms with van der Waals surface area (Å²) >= 11 is 0. The number of nitrogens with one attached hydrogen (secondary N) is 1. The third kappa shape index (κ3) is 4.98. The third-order valence-corrected chi connectivity index (χ3v) is 5.37. The number of hydrogen-bond acceptors (Lipinski definition) is 6. The van der Waals surface area contributed by atoms with Gasteiger partial charge in [-0.1, -0.05) is 49.4 Å². The summed E-state index contributed by atoms with van der Waals surface area (Å²) in [5.41, 5.74) is 1.17. The van der Waals surface area contributed by atoms with Gasteiger partial charge in [0.25, 0.3) is 5.91 Å². The zero-order chi connectivity index (χ0) is 20.0. The Labute approximate surface area is 157 Å². The monoisotopic (exact) mass is 389 g/mol. The van der Waals surface area contributed by atoms with Crippen LogP contribution >= 0.6 is 0 Å². The minimum absolute atomic E-state index is 0.0254. The minimum Gasteiger partial charge on any atom is -0.299 e. The Morgan fingerprint density at radius 1 is 1.11 bits per heavy atom. The first-order chi connectivity index (χ1) is 12.8. The van der Waals surface area contributed by atoms with E-state index in [1.165, 1.54) is 12.1 Å². The molecule has 9 heteroatoms. The predicted molar refractivity (Wildman–Crippen MR) is 102 cm³/mol. The van der Waals surface area contributed by atoms with Crippen LogP contribution in [0.15, 0.2) is 59.8 Å². The number of Topliss-reactive ketones (excluding diaryl/α,β-unsaturated/α-hetero) is 1. The van der Waals surface area contributed by atoms with Gasteiger partial charge in [-0.25, -0.2) is 9.03 Å². The number of rotatable bonds is 4. The van der Waals surface area contributed by atoms with Gasteiger partial charge in [0.15, 0.2) is 0 Å². The molecule has 2 aromatic carbocycles. The molecule has 0 radical (unpaired) electrons. The molecule has 1 aliphatic rings. The summed E-state index contributed by atoms with van der Waals surface area (Å²) in [7, 11) is -3.89. The molecule has 1 amide bonds. The van der Waals surface area contributed by atoms with Crippen LogP contribution in [0.4, 0.5) is 11.4 Å². The topological polar surface area (TPSA) is 113 Å². The van der Waals surface area contributed by atoms with E-state index in [1.807, 2.05) is 42.0 Å². The molecule has 1 N–H and O–H groups in total. The SMILES string of the molecule is CC(=O)C(C)c1ccccc1.O=Nc1ccccc1N1CC(=O)NS1(=O)=O. The lowest BCUT2D eigenvalue weighted by molar-refractivity contribution is -0.118. The van der Waals surface area contributed by atoms with Crippen molar-refractivity contribution in [2.45, 2.75) is 19.8 Å². The Kier molecular flexibility index (Phi) is 6.40. The summed E-state index contributed by atoms with van der Waals surface area (Å²) < 4.78 is 25.6. The lowest BCUT2D eigenvalue weighted by Gasteiger charge is -2.15. The molecule has 0 saturated carbocycles. The van der Waals surface area contributed by atoms with Crippen molar-refractivity contribution in [2.75, 3.05) is 10.8 Å². The van der Waals surface area contributed by atoms with E-state index in [4.69, 9.17) is 0 Å². The molecule has 0 aromatic heterocycles. The minimum atomic E-state index is -3.89. The number of amides is 1. The lowest BCUT2D eigenvalue weighted by Crippen LogP contribution is -2.29. The maximum Gasteiger partial charge on any atom is 0.326 e. The highest BCUT2D eigenvalue weighted by Gasteiger charge is 2.35. The van der Waals surface area contributed by atoms with Crippen LogP contribution < -0.4 is 9.03 Å². The van der Waals surface area contributed by atoms with Crippen molar-refractivity contribution in [3.8, 4) is 0 Å². The van der Waals surface area contributed by atoms with Crippen molar-refractivity contribution in [3.63, 3.8) is 0 Å². The molecule has 3 rings (SSSR count). The Bertz CT molecular complexity index is 944. The van der Waals surface area contributed by atoms with Crippen LogP contribution in [0.3, 0.4) is 0 Å². The second-order valence-electron chi connectivity index (χ2n) is 5.86. The number of ketones is 1. The van der Waals surface area contributed by atoms with E-state index in [9.17, 15) is 22.9 Å². The highest BCUT2D eigenvalue weighted by molar-refractivity contribution is 7.92. The molecule has 0 aliphatic carbocycles. The van der Waals surface area contributed by atoms with E-state index in [0.29, 0.717) is 0 Å². The Morgan fingerprint density at radius 3 is 2.22 bits per heavy atom. The van der Waals surface area contributed by atoms with Crippen molar-refractivity contribution in [2.24, 2.45) is 5.18 Å². The van der Waals surface area contributed by atoms with Gasteiger partial charge in [0.2, 0.25) is 0 Å². The van der Waals surface area contributed by atoms with Gasteiger partial charge in [-0.05, 0) is 29.8 Å². The number of nitroso groups, excluding NO2 is 1. The second-order valence-corrected chi connectivity index (χ2v) is 7.45. The molecule has 27 heavy (non-hydrogen) atoms. The Hall–Kier alpha value is -3.07. The molecule has 2 aromatic rings. The van der Waals surface area contributed by atoms with E-state index in [1.54, 1.807) is 19.1 Å². The number of carbonyl (C=O) groups excluding carboxylic acids is 2. The summed E-state index contributed by atoms with van der Waals surface area (Å²) in [4.78, 5) is 32.4. The number of nitrogens with zero attached hydrogens (tertiary/aromatic N) is 2. The smallest absolute Gasteiger partial charge is 0.299 e. The summed E-state index contributed by atoms with van der Waals surface area (Å²) in [5, 5.41) is 2.71. The fraction of sp³-hybridized carbons (Fsp3) is 0.222. The van der Waals surface area contributed by atoms with E-state index >= 15 is 0 Å². The van der Waals surface area contributed by atoms with Crippen LogP contribution in [-0.2, 0) is 19.8 Å². The molecule has 0 bridgehead atoms. The standard InChI is InChI=1S/C10H12O.C8H7N3O4S/c1-8(9(2)11)10-6-4-3-5-7-10;12-8-5-11(16(14,15)10-8)7-4-2-1-3-6(7)9-13/h3-8H,1-2H3;1-4H,5H2,(H,10,12). The molecule has 0 spiro atoms. The molecule has 1 fully saturated rings. The highest BCUT2D eigenvalue weighted by atomic mass is 32.2. The Balaban J connectivity index is 0.000000208. The molecule has 8 nitrogen and oxygen atoms in total. The molecular formula is C18H19N3O5S. The summed E-state index contributed by atoms with van der Waals surface area (Å²) in [6.45, 7) is 3.21. The van der Waals surface area contributed by atoms with Crippen LogP contribution in [0.2, 0.25) is 0 Å². The number of carbonyl (C=O) groups is 2. The number of para-hydroxylation sites is 1. The largest absolute Gasteiger partial charge is 0.326 e. The van der Waals surface area contributed by atoms with Crippen LogP contribution in [0, 0.1) is 4.91 Å². The van der Waals surface area contributed by atoms with Gasteiger partial charge in [-0.2, -0.15) is 8.42 Å². The first-order valence-corrected chi connectivity index (χ1v) is 9.51. The Morgan fingerprint density at radius 2 is 1.70 bits per heavy atom. The molecule has 1 aliphatic heterocycles. The van der Waals surface area contributed by atoms with Crippen molar-refractivity contribution in [3.05, 3.63) is 65.1 Å². The summed E-state index contributed by atoms with van der Waals surface area (Å²) in [6, 6.07) is 15.7. The molecule has 1 saturated heterocycles. The van der Waals surface area contributed by atoms with Crippen molar-refractivity contribution in [1.29, 1.82) is 0 Å². The second kappa shape index (κ2) is 8.54. The first kappa shape index (κ1) is 20.2. The van der Waals surface area contributed by atoms with Crippen LogP contribution in [0.25, 0.3) is 0 Å². The van der Waals surface area contributed by atoms with Gasteiger partial charge in [-0.15, -0.1) is 4.91 Å². The maximum atomic E-state index is 11.5. The van der Waals surface area contributed by atoms with E-state index < -0.39 is 16.1 Å². The summed E-state index contributed by atoms with van der Waals surface area (Å²) in [6.07, 6.45) is 0. The zero-order valence-corrected chi connectivity index (χ0v) is 15.6. The van der Waals surface area contributed by atoms with Crippen molar-refractivity contribution < 1.29 is 18.0 Å². The van der Waals surface area contributed by atoms with Crippen molar-refractivity contribution in [1.82, 2.24) is 4.72 Å². The molecule has 1 unspecified atom stereocenters. The molecule has 142 valence electrons. The van der Waals surface area contributed by atoms with Gasteiger partial charge in [0.05, 0.1) is 5.69 Å². The van der Waals surface area contributed by atoms with Gasteiger partial charge < -0.3 is 0 Å². The normalized spacial score (nSPS) is 15.9. The quantitative estimate of drug-likeness (QED) is 0.808. The van der Waals surface area contributed by atoms with Gasteiger partial charge in [0, 0.05) is 5.92 Å². The molecular weight excluding hydrogens is 370 g/mol. The number of benzene rings is 2. The average Bonchev–Trinajstić information content (AvgIpc) is 2.94. The fourth-order valence-corrected chi connectivity index (χ4v) is 3.55. The van der Waals surface area contributed by atoms with E-state index in [0.717, 1.165) is 9.87 Å². The lowest BCUT2D eigenvalue weighted by atomic mass is 9.98. The molecule has 1 heterocycles. The highest BCUT2D eigenvalue weighted by Crippen LogP contribution is 2.30. The average molecular weight is 389 g/mol. The fourth-order valence-electron chi connectivity index (χ4n) is 2.39. The first-order valence-electron chi connectivity index (χ1n) is 8.07. The van der Waals surface area contributed by atoms with Crippen LogP contribution in [0.5, 0.6) is 0 Å². The van der Waals surface area contributed by atoms with Gasteiger partial charge in [0.1, 0.15) is 18.0 Å². The predicted octanol–water partition coefficient (Wildman–Crippen LogP) is 2.64. The zero-order valence-electron chi connectivity index (χ0n) is 14.8. The van der Waals surface area contributed by atoms with Crippen LogP contribution in [-0.4, -0.2) is 26.7 Å². The van der Waals surface area contributed by atoms with Crippen LogP contribution in [0.1, 0.15) is 25.3 Å².